The van der Waals surface area contributed by atoms with E-state index < -0.39 is 0 Å². The molecule has 1 saturated carbocycles. The zero-order valence-electron chi connectivity index (χ0n) is 21.5. The predicted octanol–water partition coefficient (Wildman–Crippen LogP) is 3.49. The number of aromatic amines is 1. The van der Waals surface area contributed by atoms with E-state index in [4.69, 9.17) is 0 Å². The summed E-state index contributed by atoms with van der Waals surface area (Å²) in [5.74, 6) is 1.72. The van der Waals surface area contributed by atoms with Crippen LogP contribution >= 0.6 is 0 Å². The van der Waals surface area contributed by atoms with Crippen LogP contribution in [-0.4, -0.2) is 67.1 Å². The van der Waals surface area contributed by atoms with Crippen LogP contribution in [0.25, 0.3) is 11.1 Å². The minimum Gasteiger partial charge on any atom is -0.373 e. The number of likely N-dealkylation sites (tertiary alicyclic amines) is 1. The second-order valence-corrected chi connectivity index (χ2v) is 9.60. The van der Waals surface area contributed by atoms with Crippen LogP contribution in [0, 0.1) is 5.92 Å². The van der Waals surface area contributed by atoms with Gasteiger partial charge in [-0.1, -0.05) is 19.9 Å². The number of anilines is 2. The van der Waals surface area contributed by atoms with Gasteiger partial charge in [-0.15, -0.1) is 0 Å². The minimum atomic E-state index is -0.0372. The first-order valence-corrected chi connectivity index (χ1v) is 12.6. The van der Waals surface area contributed by atoms with Crippen molar-refractivity contribution in [1.29, 1.82) is 0 Å². The van der Waals surface area contributed by atoms with Crippen LogP contribution in [0.15, 0.2) is 47.5 Å². The van der Waals surface area contributed by atoms with Gasteiger partial charge in [0.25, 0.3) is 5.56 Å². The number of amides is 1. The number of hydrogen-bond donors (Lipinski definition) is 3. The van der Waals surface area contributed by atoms with Crippen LogP contribution in [0.2, 0.25) is 0 Å². The summed E-state index contributed by atoms with van der Waals surface area (Å²) in [6.45, 7) is 7.77. The number of carbonyl (C=O) groups is 1. The fraction of sp³-hybridized carbons (Fsp3) is 0.519. The van der Waals surface area contributed by atoms with Crippen LogP contribution in [0.5, 0.6) is 0 Å². The summed E-state index contributed by atoms with van der Waals surface area (Å²) in [4.78, 5) is 34.6. The third-order valence-corrected chi connectivity index (χ3v) is 6.20. The Bertz CT molecular complexity index is 1040. The molecule has 2 aliphatic rings. The second kappa shape index (κ2) is 13.1. The summed E-state index contributed by atoms with van der Waals surface area (Å²) < 4.78 is 0. The van der Waals surface area contributed by atoms with Crippen molar-refractivity contribution in [3.8, 4) is 11.1 Å². The molecule has 8 nitrogen and oxygen atoms in total. The highest BCUT2D eigenvalue weighted by molar-refractivity contribution is 5.87. The largest absolute Gasteiger partial charge is 0.373 e. The third-order valence-electron chi connectivity index (χ3n) is 6.20. The number of H-pyrrole nitrogens is 1. The molecule has 1 saturated heterocycles. The molecule has 2 fully saturated rings. The van der Waals surface area contributed by atoms with E-state index in [2.05, 4.69) is 39.3 Å². The maximum absolute atomic E-state index is 12.0. The van der Waals surface area contributed by atoms with Gasteiger partial charge in [0, 0.05) is 70.3 Å². The number of rotatable bonds is 9. The van der Waals surface area contributed by atoms with Gasteiger partial charge in [0.2, 0.25) is 5.91 Å². The lowest BCUT2D eigenvalue weighted by atomic mass is 10.1. The third kappa shape index (κ3) is 8.55. The van der Waals surface area contributed by atoms with Crippen LogP contribution in [0.4, 0.5) is 11.5 Å². The number of nitrogens with one attached hydrogen (secondary N) is 3. The van der Waals surface area contributed by atoms with E-state index in [1.807, 2.05) is 43.3 Å². The average Bonchev–Trinajstić information content (AvgIpc) is 3.49. The summed E-state index contributed by atoms with van der Waals surface area (Å²) in [5.41, 5.74) is 2.71. The first kappa shape index (κ1) is 26.5. The molecule has 1 aliphatic carbocycles. The molecular weight excluding hydrogens is 440 g/mol. The Labute approximate surface area is 208 Å². The van der Waals surface area contributed by atoms with Crippen LogP contribution < -0.4 is 21.1 Å². The standard InChI is InChI=1S/C16H20N4O.C11H20N2O/c1-17-15-8-12(5-6-18-15)13-7-14(16(21)19-9-13)20(2)10-11-3-4-11;1-10(2)12-7-5-6-11(14)13-8-3-4-9-13/h5-9,11H,3-4,10H2,1-2H3,(H,17,18)(H,19,21);5-6,10,12H,3-4,7-9H2,1-2H3/b;6-5+. The Morgan fingerprint density at radius 1 is 1.26 bits per heavy atom. The highest BCUT2D eigenvalue weighted by Crippen LogP contribution is 2.31. The molecule has 1 amide bonds. The first-order valence-electron chi connectivity index (χ1n) is 12.6. The molecule has 0 spiro atoms. The zero-order chi connectivity index (χ0) is 25.2. The summed E-state index contributed by atoms with van der Waals surface area (Å²) in [6, 6.07) is 6.34. The Hall–Kier alpha value is -3.13. The Morgan fingerprint density at radius 3 is 2.66 bits per heavy atom. The number of nitrogens with zero attached hydrogens (tertiary/aromatic N) is 3. The van der Waals surface area contributed by atoms with Gasteiger partial charge < -0.3 is 25.4 Å². The van der Waals surface area contributed by atoms with E-state index in [0.29, 0.717) is 6.04 Å². The SMILES string of the molecule is CC(C)NC/C=C/C(=O)N1CCCC1.CNc1cc(-c2c[nH]c(=O)c(N(C)CC3CC3)c2)ccn1. The van der Waals surface area contributed by atoms with Gasteiger partial charge in [0.05, 0.1) is 0 Å². The predicted molar refractivity (Wildman–Crippen MR) is 144 cm³/mol. The lowest BCUT2D eigenvalue weighted by Gasteiger charge is -2.18. The summed E-state index contributed by atoms with van der Waals surface area (Å²) >= 11 is 0. The molecule has 4 rings (SSSR count). The van der Waals surface area contributed by atoms with Gasteiger partial charge >= 0.3 is 0 Å². The lowest BCUT2D eigenvalue weighted by molar-refractivity contribution is -0.125. The molecule has 3 N–H and O–H groups in total. The minimum absolute atomic E-state index is 0.0372. The highest BCUT2D eigenvalue weighted by atomic mass is 16.2. The van der Waals surface area contributed by atoms with Gasteiger partial charge in [-0.3, -0.25) is 9.59 Å². The van der Waals surface area contributed by atoms with Crippen molar-refractivity contribution in [1.82, 2.24) is 20.2 Å². The summed E-state index contributed by atoms with van der Waals surface area (Å²) in [6.07, 6.45) is 12.0. The molecule has 0 unspecified atom stereocenters. The smallest absolute Gasteiger partial charge is 0.271 e. The summed E-state index contributed by atoms with van der Waals surface area (Å²) in [7, 11) is 3.83. The van der Waals surface area contributed by atoms with Crippen LogP contribution in [0.3, 0.4) is 0 Å². The van der Waals surface area contributed by atoms with E-state index in [-0.39, 0.29) is 11.5 Å². The Morgan fingerprint density at radius 2 is 2.00 bits per heavy atom. The van der Waals surface area contributed by atoms with E-state index in [1.54, 1.807) is 18.5 Å². The van der Waals surface area contributed by atoms with Crippen molar-refractivity contribution < 1.29 is 4.79 Å². The fourth-order valence-corrected chi connectivity index (χ4v) is 3.96. The van der Waals surface area contributed by atoms with Crippen molar-refractivity contribution in [3.05, 3.63) is 53.1 Å². The zero-order valence-corrected chi connectivity index (χ0v) is 21.5. The van der Waals surface area contributed by atoms with E-state index >= 15 is 0 Å². The Balaban J connectivity index is 0.000000214. The number of hydrogen-bond acceptors (Lipinski definition) is 6. The topological polar surface area (TPSA) is 93.4 Å². The average molecular weight is 481 g/mol. The van der Waals surface area contributed by atoms with Crippen molar-refractivity contribution in [2.75, 3.05) is 50.5 Å². The maximum Gasteiger partial charge on any atom is 0.271 e. The van der Waals surface area contributed by atoms with Gasteiger partial charge in [-0.05, 0) is 55.4 Å². The van der Waals surface area contributed by atoms with Gasteiger partial charge in [-0.2, -0.15) is 0 Å². The molecule has 1 aliphatic heterocycles. The molecule has 190 valence electrons. The number of carbonyl (C=O) groups excluding carboxylic acids is 1. The molecule has 0 atom stereocenters. The second-order valence-electron chi connectivity index (χ2n) is 9.60. The molecule has 0 radical (unpaired) electrons. The number of pyridine rings is 2. The molecule has 0 bridgehead atoms. The molecule has 35 heavy (non-hydrogen) atoms. The van der Waals surface area contributed by atoms with Crippen molar-refractivity contribution in [2.24, 2.45) is 5.92 Å². The van der Waals surface area contributed by atoms with Crippen LogP contribution in [0.1, 0.15) is 39.5 Å². The maximum atomic E-state index is 12.0. The first-order chi connectivity index (χ1) is 16.9. The lowest BCUT2D eigenvalue weighted by Crippen LogP contribution is -2.26. The quantitative estimate of drug-likeness (QED) is 0.476. The monoisotopic (exact) mass is 480 g/mol. The number of aromatic nitrogens is 2. The normalized spacial score (nSPS) is 15.3. The van der Waals surface area contributed by atoms with Crippen LogP contribution in [-0.2, 0) is 4.79 Å². The van der Waals surface area contributed by atoms with Crippen molar-refractivity contribution >= 4 is 17.4 Å². The van der Waals surface area contributed by atoms with E-state index in [1.165, 1.54) is 12.8 Å². The Kier molecular flexibility index (Phi) is 9.90. The molecule has 0 aromatic carbocycles. The highest BCUT2D eigenvalue weighted by Gasteiger charge is 2.24. The van der Waals surface area contributed by atoms with Gasteiger partial charge in [0.15, 0.2) is 0 Å². The summed E-state index contributed by atoms with van der Waals surface area (Å²) in [5, 5.41) is 6.26. The molecule has 2 aromatic rings. The molecule has 8 heteroatoms. The van der Waals surface area contributed by atoms with Gasteiger partial charge in [-0.25, -0.2) is 4.98 Å². The van der Waals surface area contributed by atoms with Crippen molar-refractivity contribution in [2.45, 2.75) is 45.6 Å². The molecule has 2 aromatic heterocycles. The molecular formula is C27H40N6O2. The van der Waals surface area contributed by atoms with E-state index in [9.17, 15) is 9.59 Å². The van der Waals surface area contributed by atoms with Crippen molar-refractivity contribution in [3.63, 3.8) is 0 Å². The fourth-order valence-electron chi connectivity index (χ4n) is 3.96. The van der Waals surface area contributed by atoms with Gasteiger partial charge in [0.1, 0.15) is 11.5 Å². The van der Waals surface area contributed by atoms with E-state index in [0.717, 1.165) is 67.6 Å². The molecule has 3 heterocycles.